The molecular formula is C17H26N4O4. The highest BCUT2D eigenvalue weighted by molar-refractivity contribution is 5.92. The minimum absolute atomic E-state index is 0.0145. The lowest BCUT2D eigenvalue weighted by Crippen LogP contribution is -2.43. The number of hydrogen-bond acceptors (Lipinski definition) is 5. The number of amides is 2. The molecule has 1 atom stereocenters. The van der Waals surface area contributed by atoms with E-state index in [0.717, 1.165) is 25.1 Å². The number of ether oxygens (including phenoxy) is 1. The Bertz CT molecular complexity index is 639. The minimum Gasteiger partial charge on any atom is -0.389 e. The summed E-state index contributed by atoms with van der Waals surface area (Å²) in [5.74, 6) is 0.549. The van der Waals surface area contributed by atoms with Crippen molar-refractivity contribution < 1.29 is 19.4 Å². The zero-order valence-corrected chi connectivity index (χ0v) is 14.6. The summed E-state index contributed by atoms with van der Waals surface area (Å²) >= 11 is 0. The first-order chi connectivity index (χ1) is 12.0. The Morgan fingerprint density at radius 3 is 2.92 bits per heavy atom. The van der Waals surface area contributed by atoms with E-state index in [-0.39, 0.29) is 24.3 Å². The number of carbonyl (C=O) groups is 2. The van der Waals surface area contributed by atoms with E-state index in [2.05, 4.69) is 15.6 Å². The first-order valence-corrected chi connectivity index (χ1v) is 8.85. The number of fused-ring (bicyclic) bond motifs is 1. The van der Waals surface area contributed by atoms with Gasteiger partial charge in [0.15, 0.2) is 0 Å². The zero-order chi connectivity index (χ0) is 17.9. The van der Waals surface area contributed by atoms with E-state index < -0.39 is 5.60 Å². The number of carbonyl (C=O) groups excluding carboxylic acids is 2. The summed E-state index contributed by atoms with van der Waals surface area (Å²) in [6, 6.07) is 0.0145. The molecule has 138 valence electrons. The third kappa shape index (κ3) is 4.01. The molecule has 0 aromatic carbocycles. The van der Waals surface area contributed by atoms with Crippen LogP contribution in [0, 0.1) is 0 Å². The van der Waals surface area contributed by atoms with Crippen molar-refractivity contribution in [2.24, 2.45) is 0 Å². The van der Waals surface area contributed by atoms with E-state index in [9.17, 15) is 14.7 Å². The first-order valence-electron chi connectivity index (χ1n) is 8.85. The number of aliphatic hydroxyl groups is 1. The van der Waals surface area contributed by atoms with Crippen LogP contribution in [0.2, 0.25) is 0 Å². The van der Waals surface area contributed by atoms with Gasteiger partial charge < -0.3 is 25.0 Å². The van der Waals surface area contributed by atoms with Crippen molar-refractivity contribution >= 4 is 11.8 Å². The molecule has 25 heavy (non-hydrogen) atoms. The molecule has 8 nitrogen and oxygen atoms in total. The van der Waals surface area contributed by atoms with E-state index in [0.29, 0.717) is 38.2 Å². The molecule has 8 heteroatoms. The Morgan fingerprint density at radius 1 is 1.44 bits per heavy atom. The van der Waals surface area contributed by atoms with Crippen LogP contribution in [-0.2, 0) is 16.0 Å². The second-order valence-electron chi connectivity index (χ2n) is 6.93. The molecule has 0 saturated heterocycles. The summed E-state index contributed by atoms with van der Waals surface area (Å²) in [4.78, 5) is 28.7. The van der Waals surface area contributed by atoms with Crippen LogP contribution < -0.4 is 10.6 Å². The van der Waals surface area contributed by atoms with Crippen LogP contribution in [0.25, 0.3) is 0 Å². The molecule has 0 bridgehead atoms. The normalized spacial score (nSPS) is 20.6. The molecule has 1 aliphatic heterocycles. The van der Waals surface area contributed by atoms with Crippen molar-refractivity contribution in [1.82, 2.24) is 20.2 Å². The summed E-state index contributed by atoms with van der Waals surface area (Å²) in [6.07, 6.45) is 5.74. The van der Waals surface area contributed by atoms with Crippen molar-refractivity contribution in [2.75, 3.05) is 26.8 Å². The van der Waals surface area contributed by atoms with E-state index in [1.165, 1.54) is 0 Å². The predicted octanol–water partition coefficient (Wildman–Crippen LogP) is 0.168. The van der Waals surface area contributed by atoms with Crippen LogP contribution in [0.15, 0.2) is 6.20 Å². The monoisotopic (exact) mass is 350 g/mol. The Hall–Kier alpha value is -1.93. The lowest BCUT2D eigenvalue weighted by molar-refractivity contribution is -0.130. The van der Waals surface area contributed by atoms with Gasteiger partial charge in [-0.15, -0.1) is 0 Å². The molecule has 2 aliphatic rings. The standard InChI is InChI=1S/C17H26N4O4/c1-25-8-7-18-16(23)13-11-19-14-4-3-12(21(13)14)10-20-15(22)9-17(24)5-2-6-17/h11-12,24H,2-10H2,1H3,(H,18,23)(H,20,22). The molecular weight excluding hydrogens is 324 g/mol. The Labute approximate surface area is 146 Å². The molecule has 0 radical (unpaired) electrons. The number of nitrogens with one attached hydrogen (secondary N) is 2. The van der Waals surface area contributed by atoms with Gasteiger partial charge in [-0.1, -0.05) is 0 Å². The Balaban J connectivity index is 1.56. The van der Waals surface area contributed by atoms with Crippen LogP contribution in [0.3, 0.4) is 0 Å². The molecule has 1 aromatic rings. The van der Waals surface area contributed by atoms with Crippen LogP contribution in [0.1, 0.15) is 54.5 Å². The van der Waals surface area contributed by atoms with E-state index >= 15 is 0 Å². The molecule has 2 heterocycles. The second kappa shape index (κ2) is 7.53. The van der Waals surface area contributed by atoms with Gasteiger partial charge in [0.1, 0.15) is 11.5 Å². The Kier molecular flexibility index (Phi) is 5.39. The topological polar surface area (TPSA) is 105 Å². The average Bonchev–Trinajstić information content (AvgIpc) is 3.13. The number of imidazole rings is 1. The predicted molar refractivity (Wildman–Crippen MR) is 90.2 cm³/mol. The van der Waals surface area contributed by atoms with E-state index in [1.54, 1.807) is 13.3 Å². The highest BCUT2D eigenvalue weighted by Gasteiger charge is 2.36. The molecule has 1 fully saturated rings. The maximum atomic E-state index is 12.3. The van der Waals surface area contributed by atoms with Crippen molar-refractivity contribution in [3.63, 3.8) is 0 Å². The molecule has 1 unspecified atom stereocenters. The quantitative estimate of drug-likeness (QED) is 0.580. The van der Waals surface area contributed by atoms with Gasteiger partial charge >= 0.3 is 0 Å². The molecule has 2 amide bonds. The number of rotatable bonds is 8. The SMILES string of the molecule is COCCNC(=O)c1cnc2n1C(CNC(=O)CC1(O)CCC1)CC2. The van der Waals surface area contributed by atoms with Gasteiger partial charge in [0.25, 0.3) is 5.91 Å². The number of hydrogen-bond donors (Lipinski definition) is 3. The van der Waals surface area contributed by atoms with Crippen LogP contribution in [0.4, 0.5) is 0 Å². The first kappa shape index (κ1) is 17.9. The third-order valence-corrected chi connectivity index (χ3v) is 5.07. The summed E-state index contributed by atoms with van der Waals surface area (Å²) in [6.45, 7) is 1.33. The average molecular weight is 350 g/mol. The summed E-state index contributed by atoms with van der Waals surface area (Å²) in [5.41, 5.74) is -0.299. The Morgan fingerprint density at radius 2 is 2.24 bits per heavy atom. The summed E-state index contributed by atoms with van der Waals surface area (Å²) in [5, 5.41) is 15.8. The van der Waals surface area contributed by atoms with Crippen LogP contribution >= 0.6 is 0 Å². The van der Waals surface area contributed by atoms with Crippen molar-refractivity contribution in [2.45, 2.75) is 50.2 Å². The van der Waals surface area contributed by atoms with Crippen molar-refractivity contribution in [1.29, 1.82) is 0 Å². The number of aryl methyl sites for hydroxylation is 1. The van der Waals surface area contributed by atoms with Gasteiger partial charge in [-0.25, -0.2) is 4.98 Å². The highest BCUT2D eigenvalue weighted by Crippen LogP contribution is 2.34. The van der Waals surface area contributed by atoms with Gasteiger partial charge in [0.2, 0.25) is 5.91 Å². The van der Waals surface area contributed by atoms with Gasteiger partial charge in [-0.2, -0.15) is 0 Å². The minimum atomic E-state index is -0.813. The lowest BCUT2D eigenvalue weighted by atomic mass is 9.78. The molecule has 1 aliphatic carbocycles. The van der Waals surface area contributed by atoms with Crippen molar-refractivity contribution in [3.05, 3.63) is 17.7 Å². The fourth-order valence-electron chi connectivity index (χ4n) is 3.49. The fraction of sp³-hybridized carbons (Fsp3) is 0.706. The van der Waals surface area contributed by atoms with Crippen molar-refractivity contribution in [3.8, 4) is 0 Å². The zero-order valence-electron chi connectivity index (χ0n) is 14.6. The summed E-state index contributed by atoms with van der Waals surface area (Å²) in [7, 11) is 1.58. The third-order valence-electron chi connectivity index (χ3n) is 5.07. The molecule has 3 N–H and O–H groups in total. The fourth-order valence-corrected chi connectivity index (χ4v) is 3.49. The van der Waals surface area contributed by atoms with Gasteiger partial charge in [-0.05, 0) is 25.7 Å². The van der Waals surface area contributed by atoms with Gasteiger partial charge in [0, 0.05) is 26.6 Å². The maximum absolute atomic E-state index is 12.3. The van der Waals surface area contributed by atoms with Crippen LogP contribution in [0.5, 0.6) is 0 Å². The number of nitrogens with zero attached hydrogens (tertiary/aromatic N) is 2. The molecule has 1 aromatic heterocycles. The number of aromatic nitrogens is 2. The van der Waals surface area contributed by atoms with E-state index in [4.69, 9.17) is 4.74 Å². The second-order valence-corrected chi connectivity index (χ2v) is 6.93. The largest absolute Gasteiger partial charge is 0.389 e. The highest BCUT2D eigenvalue weighted by atomic mass is 16.5. The van der Waals surface area contributed by atoms with Crippen LogP contribution in [-0.4, -0.2) is 58.9 Å². The summed E-state index contributed by atoms with van der Waals surface area (Å²) < 4.78 is 6.85. The molecule has 3 rings (SSSR count). The van der Waals surface area contributed by atoms with Gasteiger partial charge in [0.05, 0.1) is 30.9 Å². The lowest BCUT2D eigenvalue weighted by Gasteiger charge is -2.36. The molecule has 0 spiro atoms. The van der Waals surface area contributed by atoms with Gasteiger partial charge in [-0.3, -0.25) is 9.59 Å². The number of methoxy groups -OCH3 is 1. The van der Waals surface area contributed by atoms with E-state index in [1.807, 2.05) is 4.57 Å². The maximum Gasteiger partial charge on any atom is 0.269 e. The smallest absolute Gasteiger partial charge is 0.269 e. The molecule has 1 saturated carbocycles.